The zero-order chi connectivity index (χ0) is 22.7. The monoisotopic (exact) mass is 439 g/mol. The van der Waals surface area contributed by atoms with Crippen molar-refractivity contribution >= 4 is 6.09 Å². The summed E-state index contributed by atoms with van der Waals surface area (Å²) in [7, 11) is 0. The predicted molar refractivity (Wildman–Crippen MR) is 137 cm³/mol. The van der Waals surface area contributed by atoms with Crippen molar-refractivity contribution in [3.8, 4) is 0 Å². The summed E-state index contributed by atoms with van der Waals surface area (Å²) >= 11 is 0. The van der Waals surface area contributed by atoms with Gasteiger partial charge in [0.05, 0.1) is 6.61 Å². The fraction of sp³-hybridized carbons (Fsp3) is 0.964. The Morgan fingerprint density at radius 2 is 0.806 bits per heavy atom. The van der Waals surface area contributed by atoms with E-state index in [0.717, 1.165) is 19.4 Å². The topological polar surface area (TPSA) is 38.3 Å². The number of hydrogen-bond acceptors (Lipinski definition) is 2. The van der Waals surface area contributed by atoms with Gasteiger partial charge in [0, 0.05) is 6.54 Å². The quantitative estimate of drug-likeness (QED) is 0.144. The summed E-state index contributed by atoms with van der Waals surface area (Å²) in [5.41, 5.74) is 0. The minimum Gasteiger partial charge on any atom is -0.450 e. The van der Waals surface area contributed by atoms with Gasteiger partial charge >= 0.3 is 6.09 Å². The molecule has 0 aromatic carbocycles. The number of unbranched alkanes of at least 4 members (excludes halogenated alkanes) is 21. The summed E-state index contributed by atoms with van der Waals surface area (Å²) < 4.78 is 5.28. The van der Waals surface area contributed by atoms with Crippen molar-refractivity contribution in [2.75, 3.05) is 13.2 Å². The molecule has 0 aliphatic carbocycles. The van der Waals surface area contributed by atoms with Crippen LogP contribution in [0.15, 0.2) is 0 Å². The maximum atomic E-state index is 11.7. The van der Waals surface area contributed by atoms with E-state index in [2.05, 4.69) is 19.2 Å². The summed E-state index contributed by atoms with van der Waals surface area (Å²) in [5.74, 6) is 0. The van der Waals surface area contributed by atoms with Crippen LogP contribution in [0.1, 0.15) is 162 Å². The van der Waals surface area contributed by atoms with E-state index in [0.29, 0.717) is 6.61 Å². The van der Waals surface area contributed by atoms with E-state index in [1.807, 2.05) is 0 Å². The number of ether oxygens (including phenoxy) is 1. The lowest BCUT2D eigenvalue weighted by Crippen LogP contribution is -2.25. The van der Waals surface area contributed by atoms with Gasteiger partial charge in [0.2, 0.25) is 0 Å². The Hall–Kier alpha value is -0.730. The third-order valence-electron chi connectivity index (χ3n) is 6.28. The highest BCUT2D eigenvalue weighted by Gasteiger charge is 2.01. The summed E-state index contributed by atoms with van der Waals surface area (Å²) in [6.45, 7) is 5.88. The van der Waals surface area contributed by atoms with Crippen LogP contribution in [0, 0.1) is 0 Å². The van der Waals surface area contributed by atoms with Crippen molar-refractivity contribution in [2.24, 2.45) is 0 Å². The van der Waals surface area contributed by atoms with Crippen molar-refractivity contribution in [1.82, 2.24) is 5.32 Å². The Labute approximate surface area is 195 Å². The minimum absolute atomic E-state index is 0.227. The highest BCUT2D eigenvalue weighted by molar-refractivity contribution is 5.66. The number of hydrogen-bond donors (Lipinski definition) is 1. The molecule has 0 heterocycles. The molecule has 0 atom stereocenters. The second-order valence-corrected chi connectivity index (χ2v) is 9.49. The van der Waals surface area contributed by atoms with Crippen LogP contribution in [0.2, 0.25) is 0 Å². The van der Waals surface area contributed by atoms with Crippen molar-refractivity contribution in [1.29, 1.82) is 0 Å². The first-order valence-electron chi connectivity index (χ1n) is 14.2. The van der Waals surface area contributed by atoms with E-state index in [-0.39, 0.29) is 6.09 Å². The van der Waals surface area contributed by atoms with Crippen molar-refractivity contribution in [2.45, 2.75) is 162 Å². The molecule has 0 saturated heterocycles. The molecule has 0 aromatic heterocycles. The van der Waals surface area contributed by atoms with Crippen molar-refractivity contribution in [3.63, 3.8) is 0 Å². The molecule has 0 bridgehead atoms. The lowest BCUT2D eigenvalue weighted by Gasteiger charge is -2.07. The van der Waals surface area contributed by atoms with Crippen LogP contribution in [0.4, 0.5) is 4.79 Å². The van der Waals surface area contributed by atoms with E-state index in [4.69, 9.17) is 4.74 Å². The average molecular weight is 440 g/mol. The molecule has 1 amide bonds. The molecule has 0 saturated carbocycles. The van der Waals surface area contributed by atoms with Gasteiger partial charge < -0.3 is 10.1 Å². The standard InChI is InChI=1S/C28H57NO2/c1-3-5-7-9-11-13-15-16-18-20-22-24-26-29-28(30)31-27-25-23-21-19-17-14-12-10-8-6-4-2/h3-27H2,1-2H3,(H,29,30). The molecule has 0 aromatic rings. The zero-order valence-corrected chi connectivity index (χ0v) is 21.5. The van der Waals surface area contributed by atoms with Crippen LogP contribution < -0.4 is 5.32 Å². The first-order valence-corrected chi connectivity index (χ1v) is 14.2. The van der Waals surface area contributed by atoms with Crippen LogP contribution in [0.5, 0.6) is 0 Å². The first kappa shape index (κ1) is 30.3. The molecule has 186 valence electrons. The smallest absolute Gasteiger partial charge is 0.407 e. The number of carbonyl (C=O) groups excluding carboxylic acids is 1. The Morgan fingerprint density at radius 1 is 0.484 bits per heavy atom. The van der Waals surface area contributed by atoms with E-state index >= 15 is 0 Å². The molecule has 0 aliphatic rings. The van der Waals surface area contributed by atoms with Crippen LogP contribution in [-0.4, -0.2) is 19.2 Å². The van der Waals surface area contributed by atoms with Gasteiger partial charge in [-0.3, -0.25) is 0 Å². The maximum absolute atomic E-state index is 11.7. The molecular weight excluding hydrogens is 382 g/mol. The molecular formula is C28H57NO2. The van der Waals surface area contributed by atoms with Gasteiger partial charge in [-0.15, -0.1) is 0 Å². The summed E-state index contributed by atoms with van der Waals surface area (Å²) in [6.07, 6.45) is 30.4. The average Bonchev–Trinajstić information content (AvgIpc) is 2.77. The fourth-order valence-electron chi connectivity index (χ4n) is 4.14. The van der Waals surface area contributed by atoms with E-state index in [9.17, 15) is 4.79 Å². The van der Waals surface area contributed by atoms with E-state index in [1.165, 1.54) is 135 Å². The highest BCUT2D eigenvalue weighted by atomic mass is 16.5. The molecule has 0 radical (unpaired) electrons. The number of rotatable bonds is 25. The van der Waals surface area contributed by atoms with E-state index in [1.54, 1.807) is 0 Å². The second kappa shape index (κ2) is 27.3. The largest absolute Gasteiger partial charge is 0.450 e. The molecule has 3 heteroatoms. The Balaban J connectivity index is 3.14. The predicted octanol–water partition coefficient (Wildman–Crippen LogP) is 9.72. The summed E-state index contributed by atoms with van der Waals surface area (Å²) in [5, 5.41) is 2.90. The summed E-state index contributed by atoms with van der Waals surface area (Å²) in [6, 6.07) is 0. The highest BCUT2D eigenvalue weighted by Crippen LogP contribution is 2.12. The second-order valence-electron chi connectivity index (χ2n) is 9.49. The van der Waals surface area contributed by atoms with E-state index < -0.39 is 0 Å². The van der Waals surface area contributed by atoms with Crippen LogP contribution in [0.25, 0.3) is 0 Å². The molecule has 3 nitrogen and oxygen atoms in total. The molecule has 0 spiro atoms. The van der Waals surface area contributed by atoms with Crippen molar-refractivity contribution in [3.05, 3.63) is 0 Å². The molecule has 31 heavy (non-hydrogen) atoms. The molecule has 0 rings (SSSR count). The summed E-state index contributed by atoms with van der Waals surface area (Å²) in [4.78, 5) is 11.7. The zero-order valence-electron chi connectivity index (χ0n) is 21.5. The Kier molecular flexibility index (Phi) is 26.7. The van der Waals surface area contributed by atoms with Crippen molar-refractivity contribution < 1.29 is 9.53 Å². The van der Waals surface area contributed by atoms with Gasteiger partial charge in [-0.1, -0.05) is 149 Å². The van der Waals surface area contributed by atoms with Gasteiger partial charge in [0.1, 0.15) is 0 Å². The lowest BCUT2D eigenvalue weighted by atomic mass is 10.1. The number of carbonyl (C=O) groups is 1. The Morgan fingerprint density at radius 3 is 1.19 bits per heavy atom. The van der Waals surface area contributed by atoms with Gasteiger partial charge in [-0.2, -0.15) is 0 Å². The van der Waals surface area contributed by atoms with Crippen LogP contribution in [-0.2, 0) is 4.74 Å². The molecule has 0 aliphatic heterocycles. The SMILES string of the molecule is CCCCCCCCCCCCCCNC(=O)OCCCCCCCCCCCCC. The normalized spacial score (nSPS) is 11.0. The molecule has 1 N–H and O–H groups in total. The third-order valence-corrected chi connectivity index (χ3v) is 6.28. The maximum Gasteiger partial charge on any atom is 0.407 e. The number of alkyl carbamates (subject to hydrolysis) is 1. The van der Waals surface area contributed by atoms with Gasteiger partial charge in [-0.25, -0.2) is 4.79 Å². The number of amides is 1. The molecule has 0 fully saturated rings. The fourth-order valence-corrected chi connectivity index (χ4v) is 4.14. The third kappa shape index (κ3) is 27.2. The van der Waals surface area contributed by atoms with Gasteiger partial charge in [0.25, 0.3) is 0 Å². The molecule has 0 unspecified atom stereocenters. The van der Waals surface area contributed by atoms with Gasteiger partial charge in [0.15, 0.2) is 0 Å². The lowest BCUT2D eigenvalue weighted by molar-refractivity contribution is 0.143. The first-order chi connectivity index (χ1) is 15.3. The van der Waals surface area contributed by atoms with Crippen LogP contribution in [0.3, 0.4) is 0 Å². The Bertz CT molecular complexity index is 346. The minimum atomic E-state index is -0.227. The van der Waals surface area contributed by atoms with Gasteiger partial charge in [-0.05, 0) is 12.8 Å². The van der Waals surface area contributed by atoms with Crippen LogP contribution >= 0.6 is 0 Å². The number of nitrogens with one attached hydrogen (secondary N) is 1.